The van der Waals surface area contributed by atoms with E-state index in [-0.39, 0.29) is 11.9 Å². The van der Waals surface area contributed by atoms with Crippen molar-refractivity contribution in [2.45, 2.75) is 19.4 Å². The van der Waals surface area contributed by atoms with Crippen LogP contribution in [0.1, 0.15) is 24.9 Å². The summed E-state index contributed by atoms with van der Waals surface area (Å²) in [6, 6.07) is 6.93. The van der Waals surface area contributed by atoms with Gasteiger partial charge in [0, 0.05) is 19.8 Å². The van der Waals surface area contributed by atoms with Gasteiger partial charge in [-0.15, -0.1) is 0 Å². The lowest BCUT2D eigenvalue weighted by molar-refractivity contribution is 0.171. The summed E-state index contributed by atoms with van der Waals surface area (Å²) in [5, 5.41) is 3.23. The third kappa shape index (κ3) is 3.58. The fourth-order valence-corrected chi connectivity index (χ4v) is 1.95. The van der Waals surface area contributed by atoms with Crippen molar-refractivity contribution in [1.29, 1.82) is 0 Å². The van der Waals surface area contributed by atoms with E-state index < -0.39 is 0 Å². The average Bonchev–Trinajstić information content (AvgIpc) is 2.27. The maximum atomic E-state index is 13.1. The van der Waals surface area contributed by atoms with Gasteiger partial charge in [-0.05, 0) is 37.1 Å². The molecular weight excluding hydrogens is 205 g/mol. The van der Waals surface area contributed by atoms with E-state index in [9.17, 15) is 4.39 Å². The van der Waals surface area contributed by atoms with Crippen molar-refractivity contribution in [3.8, 4) is 0 Å². The lowest BCUT2D eigenvalue weighted by Gasteiger charge is -2.23. The van der Waals surface area contributed by atoms with Crippen molar-refractivity contribution >= 4 is 0 Å². The minimum Gasteiger partial charge on any atom is -0.385 e. The molecule has 1 N–H and O–H groups in total. The van der Waals surface area contributed by atoms with E-state index in [1.165, 1.54) is 6.07 Å². The topological polar surface area (TPSA) is 21.3 Å². The van der Waals surface area contributed by atoms with Crippen LogP contribution in [0.15, 0.2) is 24.3 Å². The number of hydrogen-bond acceptors (Lipinski definition) is 2. The number of halogens is 1. The number of rotatable bonds is 6. The molecule has 0 spiro atoms. The maximum absolute atomic E-state index is 13.1. The Bertz CT molecular complexity index is 317. The summed E-state index contributed by atoms with van der Waals surface area (Å²) in [6.07, 6.45) is 0.957. The molecule has 0 saturated carbocycles. The summed E-state index contributed by atoms with van der Waals surface area (Å²) >= 11 is 0. The minimum atomic E-state index is -0.184. The standard InChI is InChI=1S/C13H20FNO/c1-10(7-8-16-3)13(15-2)11-5-4-6-12(14)9-11/h4-6,9-10,13,15H,7-8H2,1-3H3. The molecule has 1 rings (SSSR count). The Morgan fingerprint density at radius 2 is 2.19 bits per heavy atom. The van der Waals surface area contributed by atoms with Crippen molar-refractivity contribution in [3.63, 3.8) is 0 Å². The molecule has 2 unspecified atom stereocenters. The number of nitrogens with one attached hydrogen (secondary N) is 1. The Hall–Kier alpha value is -0.930. The predicted molar refractivity (Wildman–Crippen MR) is 63.9 cm³/mol. The zero-order valence-electron chi connectivity index (χ0n) is 10.2. The fraction of sp³-hybridized carbons (Fsp3) is 0.538. The molecule has 2 atom stereocenters. The molecule has 90 valence electrons. The van der Waals surface area contributed by atoms with E-state index in [0.717, 1.165) is 18.6 Å². The highest BCUT2D eigenvalue weighted by Crippen LogP contribution is 2.24. The number of benzene rings is 1. The first-order valence-corrected chi connectivity index (χ1v) is 5.60. The monoisotopic (exact) mass is 225 g/mol. The zero-order valence-corrected chi connectivity index (χ0v) is 10.2. The molecule has 0 radical (unpaired) electrons. The van der Waals surface area contributed by atoms with Crippen LogP contribution in [0.25, 0.3) is 0 Å². The summed E-state index contributed by atoms with van der Waals surface area (Å²) < 4.78 is 18.2. The first-order chi connectivity index (χ1) is 7.69. The molecule has 0 saturated heterocycles. The van der Waals surface area contributed by atoms with Gasteiger partial charge in [0.15, 0.2) is 0 Å². The molecule has 0 fully saturated rings. The van der Waals surface area contributed by atoms with Gasteiger partial charge in [-0.1, -0.05) is 19.1 Å². The van der Waals surface area contributed by atoms with E-state index in [1.54, 1.807) is 19.2 Å². The van der Waals surface area contributed by atoms with Crippen molar-refractivity contribution < 1.29 is 9.13 Å². The van der Waals surface area contributed by atoms with Crippen LogP contribution >= 0.6 is 0 Å². The smallest absolute Gasteiger partial charge is 0.123 e. The second-order valence-electron chi connectivity index (χ2n) is 4.08. The quantitative estimate of drug-likeness (QED) is 0.803. The molecular formula is C13H20FNO. The number of methoxy groups -OCH3 is 1. The minimum absolute atomic E-state index is 0.172. The molecule has 3 heteroatoms. The average molecular weight is 225 g/mol. The van der Waals surface area contributed by atoms with Gasteiger partial charge >= 0.3 is 0 Å². The second-order valence-corrected chi connectivity index (χ2v) is 4.08. The SMILES string of the molecule is CNC(c1cccc(F)c1)C(C)CCOC. The molecule has 0 bridgehead atoms. The van der Waals surface area contributed by atoms with Crippen LogP contribution in [-0.4, -0.2) is 20.8 Å². The van der Waals surface area contributed by atoms with Crippen molar-refractivity contribution in [3.05, 3.63) is 35.6 Å². The molecule has 1 aromatic rings. The molecule has 0 aliphatic rings. The zero-order chi connectivity index (χ0) is 12.0. The molecule has 0 amide bonds. The van der Waals surface area contributed by atoms with E-state index in [0.29, 0.717) is 5.92 Å². The highest BCUT2D eigenvalue weighted by molar-refractivity contribution is 5.20. The lowest BCUT2D eigenvalue weighted by Crippen LogP contribution is -2.24. The summed E-state index contributed by atoms with van der Waals surface area (Å²) in [7, 11) is 3.60. The molecule has 0 heterocycles. The van der Waals surface area contributed by atoms with E-state index in [2.05, 4.69) is 12.2 Å². The Labute approximate surface area is 96.8 Å². The molecule has 1 aromatic carbocycles. The summed E-state index contributed by atoms with van der Waals surface area (Å²) in [4.78, 5) is 0. The predicted octanol–water partition coefficient (Wildman–Crippen LogP) is 2.76. The molecule has 0 aliphatic heterocycles. The van der Waals surface area contributed by atoms with Crippen LogP contribution in [0.4, 0.5) is 4.39 Å². The number of ether oxygens (including phenoxy) is 1. The van der Waals surface area contributed by atoms with Gasteiger partial charge in [-0.3, -0.25) is 0 Å². The first-order valence-electron chi connectivity index (χ1n) is 5.60. The molecule has 0 aromatic heterocycles. The molecule has 0 aliphatic carbocycles. The van der Waals surface area contributed by atoms with Crippen molar-refractivity contribution in [2.24, 2.45) is 5.92 Å². The van der Waals surface area contributed by atoms with Gasteiger partial charge in [0.25, 0.3) is 0 Å². The third-order valence-corrected chi connectivity index (χ3v) is 2.87. The highest BCUT2D eigenvalue weighted by atomic mass is 19.1. The van der Waals surface area contributed by atoms with Gasteiger partial charge < -0.3 is 10.1 Å². The Morgan fingerprint density at radius 3 is 2.75 bits per heavy atom. The van der Waals surface area contributed by atoms with Crippen LogP contribution in [0.5, 0.6) is 0 Å². The van der Waals surface area contributed by atoms with Crippen LogP contribution in [0.3, 0.4) is 0 Å². The van der Waals surface area contributed by atoms with Gasteiger partial charge in [-0.2, -0.15) is 0 Å². The Morgan fingerprint density at radius 1 is 1.44 bits per heavy atom. The molecule has 2 nitrogen and oxygen atoms in total. The second kappa shape index (κ2) is 6.61. The number of hydrogen-bond donors (Lipinski definition) is 1. The fourth-order valence-electron chi connectivity index (χ4n) is 1.95. The Balaban J connectivity index is 2.73. The van der Waals surface area contributed by atoms with E-state index >= 15 is 0 Å². The van der Waals surface area contributed by atoms with Crippen molar-refractivity contribution in [2.75, 3.05) is 20.8 Å². The summed E-state index contributed by atoms with van der Waals surface area (Å²) in [5.74, 6) is 0.225. The van der Waals surface area contributed by atoms with E-state index in [4.69, 9.17) is 4.74 Å². The van der Waals surface area contributed by atoms with Crippen LogP contribution < -0.4 is 5.32 Å². The third-order valence-electron chi connectivity index (χ3n) is 2.87. The van der Waals surface area contributed by atoms with Gasteiger partial charge in [-0.25, -0.2) is 4.39 Å². The normalized spacial score (nSPS) is 14.8. The highest BCUT2D eigenvalue weighted by Gasteiger charge is 2.17. The van der Waals surface area contributed by atoms with E-state index in [1.807, 2.05) is 13.1 Å². The van der Waals surface area contributed by atoms with Gasteiger partial charge in [0.2, 0.25) is 0 Å². The first kappa shape index (κ1) is 13.1. The Kier molecular flexibility index (Phi) is 5.43. The molecule has 16 heavy (non-hydrogen) atoms. The van der Waals surface area contributed by atoms with Crippen LogP contribution in [0.2, 0.25) is 0 Å². The van der Waals surface area contributed by atoms with Crippen LogP contribution in [-0.2, 0) is 4.74 Å². The summed E-state index contributed by atoms with van der Waals surface area (Å²) in [6.45, 7) is 2.87. The largest absolute Gasteiger partial charge is 0.385 e. The maximum Gasteiger partial charge on any atom is 0.123 e. The van der Waals surface area contributed by atoms with Gasteiger partial charge in [0.1, 0.15) is 5.82 Å². The van der Waals surface area contributed by atoms with Gasteiger partial charge in [0.05, 0.1) is 0 Å². The summed E-state index contributed by atoms with van der Waals surface area (Å²) in [5.41, 5.74) is 0.992. The lowest BCUT2D eigenvalue weighted by atomic mass is 9.92. The van der Waals surface area contributed by atoms with Crippen molar-refractivity contribution in [1.82, 2.24) is 5.32 Å². The van der Waals surface area contributed by atoms with Crippen LogP contribution in [0, 0.1) is 11.7 Å².